The maximum Gasteiger partial charge on any atom is 0.239 e. The molecule has 2 amide bonds. The van der Waals surface area contributed by atoms with E-state index in [0.717, 1.165) is 0 Å². The zero-order valence-corrected chi connectivity index (χ0v) is 13.2. The van der Waals surface area contributed by atoms with Gasteiger partial charge in [-0.15, -0.1) is 0 Å². The predicted molar refractivity (Wildman–Crippen MR) is 81.4 cm³/mol. The highest BCUT2D eigenvalue weighted by molar-refractivity contribution is 5.82. The number of nitrogens with zero attached hydrogens (tertiary/aromatic N) is 1. The van der Waals surface area contributed by atoms with E-state index >= 15 is 0 Å². The van der Waals surface area contributed by atoms with Crippen LogP contribution in [0.4, 0.5) is 0 Å². The van der Waals surface area contributed by atoms with Crippen LogP contribution in [0, 0.1) is 11.8 Å². The molecule has 0 unspecified atom stereocenters. The number of piperidine rings is 1. The van der Waals surface area contributed by atoms with Crippen molar-refractivity contribution in [2.75, 3.05) is 26.2 Å². The molecule has 6 heteroatoms. The van der Waals surface area contributed by atoms with Crippen molar-refractivity contribution in [2.24, 2.45) is 17.6 Å². The summed E-state index contributed by atoms with van der Waals surface area (Å²) in [7, 11) is 0. The van der Waals surface area contributed by atoms with Gasteiger partial charge in [0, 0.05) is 32.2 Å². The molecule has 0 aromatic rings. The van der Waals surface area contributed by atoms with Gasteiger partial charge in [0.2, 0.25) is 11.8 Å². The first-order chi connectivity index (χ1) is 9.95. The van der Waals surface area contributed by atoms with Gasteiger partial charge >= 0.3 is 0 Å². The van der Waals surface area contributed by atoms with Crippen molar-refractivity contribution < 1.29 is 14.7 Å². The average molecular weight is 299 g/mol. The molecular weight excluding hydrogens is 270 g/mol. The van der Waals surface area contributed by atoms with Crippen LogP contribution in [0.1, 0.15) is 39.5 Å². The van der Waals surface area contributed by atoms with Crippen molar-refractivity contribution in [1.82, 2.24) is 10.2 Å². The summed E-state index contributed by atoms with van der Waals surface area (Å²) in [6.45, 7) is 5.90. The van der Waals surface area contributed by atoms with E-state index < -0.39 is 6.04 Å². The number of hydrogen-bond acceptors (Lipinski definition) is 4. The largest absolute Gasteiger partial charge is 0.396 e. The second-order valence-corrected chi connectivity index (χ2v) is 6.20. The van der Waals surface area contributed by atoms with Crippen LogP contribution in [-0.4, -0.2) is 54.1 Å². The van der Waals surface area contributed by atoms with Crippen LogP contribution in [0.2, 0.25) is 0 Å². The Morgan fingerprint density at radius 2 is 1.95 bits per heavy atom. The van der Waals surface area contributed by atoms with Gasteiger partial charge in [-0.25, -0.2) is 0 Å². The van der Waals surface area contributed by atoms with E-state index in [1.807, 2.05) is 0 Å². The van der Waals surface area contributed by atoms with Crippen LogP contribution in [0.25, 0.3) is 0 Å². The van der Waals surface area contributed by atoms with Crippen LogP contribution >= 0.6 is 0 Å². The summed E-state index contributed by atoms with van der Waals surface area (Å²) < 4.78 is 0. The Labute approximate surface area is 127 Å². The summed E-state index contributed by atoms with van der Waals surface area (Å²) in [5.74, 6) is 0.401. The second-order valence-electron chi connectivity index (χ2n) is 6.20. The molecule has 1 saturated heterocycles. The number of carbonyl (C=O) groups excluding carboxylic acids is 2. The highest BCUT2D eigenvalue weighted by atomic mass is 16.3. The van der Waals surface area contributed by atoms with E-state index in [9.17, 15) is 9.59 Å². The number of nitrogens with one attached hydrogen (secondary N) is 1. The number of nitrogens with two attached hydrogens (primary N) is 1. The molecule has 1 heterocycles. The van der Waals surface area contributed by atoms with Gasteiger partial charge in [0.05, 0.1) is 6.04 Å². The van der Waals surface area contributed by atoms with Crippen molar-refractivity contribution >= 4 is 11.8 Å². The fourth-order valence-electron chi connectivity index (χ4n) is 2.64. The number of rotatable bonds is 7. The molecule has 1 fully saturated rings. The minimum atomic E-state index is -0.431. The standard InChI is InChI=1S/C15H29N3O3/c1-11(2)10-13(16)15(21)18-7-4-12(5-8-18)14(20)17-6-3-9-19/h11-13,19H,3-10,16H2,1-2H3,(H,17,20)/t13-/m1/s1. The van der Waals surface area contributed by atoms with Crippen molar-refractivity contribution in [3.63, 3.8) is 0 Å². The maximum absolute atomic E-state index is 12.2. The number of likely N-dealkylation sites (tertiary alicyclic amines) is 1. The monoisotopic (exact) mass is 299 g/mol. The van der Waals surface area contributed by atoms with Crippen molar-refractivity contribution in [3.8, 4) is 0 Å². The lowest BCUT2D eigenvalue weighted by molar-refractivity contribution is -0.137. The fraction of sp³-hybridized carbons (Fsp3) is 0.867. The van der Waals surface area contributed by atoms with E-state index in [1.165, 1.54) is 0 Å². The van der Waals surface area contributed by atoms with Gasteiger partial charge in [-0.1, -0.05) is 13.8 Å². The summed E-state index contributed by atoms with van der Waals surface area (Å²) in [5, 5.41) is 11.5. The van der Waals surface area contributed by atoms with Crippen molar-refractivity contribution in [2.45, 2.75) is 45.6 Å². The first-order valence-corrected chi connectivity index (χ1v) is 7.88. The van der Waals surface area contributed by atoms with E-state index in [0.29, 0.717) is 51.2 Å². The van der Waals surface area contributed by atoms with Crippen LogP contribution in [0.5, 0.6) is 0 Å². The number of aliphatic hydroxyl groups excluding tert-OH is 1. The maximum atomic E-state index is 12.2. The first kappa shape index (κ1) is 17.9. The third kappa shape index (κ3) is 6.01. The predicted octanol–water partition coefficient (Wildman–Crippen LogP) is 0.0970. The molecule has 4 N–H and O–H groups in total. The Bertz CT molecular complexity index is 339. The van der Waals surface area contributed by atoms with E-state index in [-0.39, 0.29) is 24.3 Å². The molecule has 1 atom stereocenters. The molecule has 122 valence electrons. The van der Waals surface area contributed by atoms with Gasteiger partial charge in [-0.3, -0.25) is 9.59 Å². The van der Waals surface area contributed by atoms with E-state index in [2.05, 4.69) is 19.2 Å². The van der Waals surface area contributed by atoms with E-state index in [4.69, 9.17) is 10.8 Å². The third-order valence-electron chi connectivity index (χ3n) is 3.85. The molecule has 0 aromatic heterocycles. The topological polar surface area (TPSA) is 95.7 Å². The van der Waals surface area contributed by atoms with Gasteiger partial charge < -0.3 is 21.1 Å². The van der Waals surface area contributed by atoms with Gasteiger partial charge in [0.1, 0.15) is 0 Å². The quantitative estimate of drug-likeness (QED) is 0.581. The van der Waals surface area contributed by atoms with Gasteiger partial charge in [0.15, 0.2) is 0 Å². The molecule has 1 aliphatic heterocycles. The summed E-state index contributed by atoms with van der Waals surface area (Å²) in [6, 6.07) is -0.431. The molecule has 0 spiro atoms. The Hall–Kier alpha value is -1.14. The van der Waals surface area contributed by atoms with Gasteiger partial charge in [0.25, 0.3) is 0 Å². The molecule has 0 saturated carbocycles. The van der Waals surface area contributed by atoms with Gasteiger partial charge in [-0.05, 0) is 31.6 Å². The summed E-state index contributed by atoms with van der Waals surface area (Å²) in [4.78, 5) is 25.9. The molecule has 1 rings (SSSR count). The fourth-order valence-corrected chi connectivity index (χ4v) is 2.64. The SMILES string of the molecule is CC(C)C[C@@H](N)C(=O)N1CCC(C(=O)NCCCO)CC1. The van der Waals surface area contributed by atoms with Crippen LogP contribution in [0.3, 0.4) is 0 Å². The molecule has 0 radical (unpaired) electrons. The van der Waals surface area contributed by atoms with Crippen LogP contribution in [0.15, 0.2) is 0 Å². The lowest BCUT2D eigenvalue weighted by Gasteiger charge is -2.33. The molecule has 1 aliphatic rings. The summed E-state index contributed by atoms with van der Waals surface area (Å²) >= 11 is 0. The Balaban J connectivity index is 2.34. The van der Waals surface area contributed by atoms with Crippen molar-refractivity contribution in [3.05, 3.63) is 0 Å². The normalized spacial score (nSPS) is 17.9. The molecule has 0 bridgehead atoms. The Morgan fingerprint density at radius 1 is 1.33 bits per heavy atom. The van der Waals surface area contributed by atoms with Crippen LogP contribution in [-0.2, 0) is 9.59 Å². The van der Waals surface area contributed by atoms with Gasteiger partial charge in [-0.2, -0.15) is 0 Å². The Morgan fingerprint density at radius 3 is 2.48 bits per heavy atom. The molecule has 0 aliphatic carbocycles. The highest BCUT2D eigenvalue weighted by Gasteiger charge is 2.29. The number of amides is 2. The van der Waals surface area contributed by atoms with Crippen LogP contribution < -0.4 is 11.1 Å². The molecular formula is C15H29N3O3. The minimum Gasteiger partial charge on any atom is -0.396 e. The smallest absolute Gasteiger partial charge is 0.239 e. The van der Waals surface area contributed by atoms with Crippen molar-refractivity contribution in [1.29, 1.82) is 0 Å². The number of hydrogen-bond donors (Lipinski definition) is 3. The molecule has 21 heavy (non-hydrogen) atoms. The minimum absolute atomic E-state index is 0.00263. The number of carbonyl (C=O) groups is 2. The highest BCUT2D eigenvalue weighted by Crippen LogP contribution is 2.18. The number of aliphatic hydroxyl groups is 1. The lowest BCUT2D eigenvalue weighted by atomic mass is 9.94. The lowest BCUT2D eigenvalue weighted by Crippen LogP contribution is -2.49. The second kappa shape index (κ2) is 9.00. The van der Waals surface area contributed by atoms with E-state index in [1.54, 1.807) is 4.90 Å². The summed E-state index contributed by atoms with van der Waals surface area (Å²) in [5.41, 5.74) is 5.93. The zero-order chi connectivity index (χ0) is 15.8. The average Bonchev–Trinajstić information content (AvgIpc) is 2.46. The first-order valence-electron chi connectivity index (χ1n) is 7.88. The molecule has 6 nitrogen and oxygen atoms in total. The Kier molecular flexibility index (Phi) is 7.67. The summed E-state index contributed by atoms with van der Waals surface area (Å²) in [6.07, 6.45) is 2.64. The zero-order valence-electron chi connectivity index (χ0n) is 13.2. The third-order valence-corrected chi connectivity index (χ3v) is 3.85. The molecule has 0 aromatic carbocycles.